The fourth-order valence-electron chi connectivity index (χ4n) is 2.91. The van der Waals surface area contributed by atoms with Gasteiger partial charge in [0.05, 0.1) is 15.5 Å². The summed E-state index contributed by atoms with van der Waals surface area (Å²) in [7, 11) is -6.16. The number of anilines is 1. The SMILES string of the molecule is COC(O)c1ccc(NS(=O)(=O)c2cccc(-c3cccc(S(C)(=O)=O)c3)c2)cc1O. The zero-order chi connectivity index (χ0) is 22.8. The van der Waals surface area contributed by atoms with Crippen LogP contribution in [0.2, 0.25) is 0 Å². The van der Waals surface area contributed by atoms with E-state index in [2.05, 4.69) is 4.72 Å². The summed E-state index contributed by atoms with van der Waals surface area (Å²) in [5, 5.41) is 19.7. The molecule has 0 heterocycles. The van der Waals surface area contributed by atoms with E-state index in [0.29, 0.717) is 11.1 Å². The second kappa shape index (κ2) is 8.67. The highest BCUT2D eigenvalue weighted by molar-refractivity contribution is 7.92. The number of nitrogens with one attached hydrogen (secondary N) is 1. The summed E-state index contributed by atoms with van der Waals surface area (Å²) in [6, 6.07) is 16.2. The number of rotatable bonds is 7. The van der Waals surface area contributed by atoms with Crippen LogP contribution in [0.4, 0.5) is 5.69 Å². The Morgan fingerprint density at radius 3 is 2.00 bits per heavy atom. The molecule has 0 aliphatic rings. The third kappa shape index (κ3) is 5.23. The van der Waals surface area contributed by atoms with Crippen LogP contribution < -0.4 is 4.72 Å². The average Bonchev–Trinajstić information content (AvgIpc) is 2.72. The molecule has 0 aliphatic carbocycles. The van der Waals surface area contributed by atoms with Crippen LogP contribution in [0, 0.1) is 0 Å². The van der Waals surface area contributed by atoms with Gasteiger partial charge in [0, 0.05) is 25.0 Å². The van der Waals surface area contributed by atoms with Crippen molar-refractivity contribution >= 4 is 25.5 Å². The van der Waals surface area contributed by atoms with Crippen molar-refractivity contribution in [3.8, 4) is 16.9 Å². The van der Waals surface area contributed by atoms with Gasteiger partial charge in [-0.1, -0.05) is 24.3 Å². The minimum Gasteiger partial charge on any atom is -0.507 e. The maximum atomic E-state index is 12.8. The molecule has 0 radical (unpaired) electrons. The van der Waals surface area contributed by atoms with Gasteiger partial charge in [-0.2, -0.15) is 0 Å². The standard InChI is InChI=1S/C21H21NO7S2/c1-29-21(24)19-10-9-16(13-20(19)23)22-31(27,28)18-8-4-6-15(12-18)14-5-3-7-17(11-14)30(2,25)26/h3-13,21-24H,1-2H3. The molecule has 0 aliphatic heterocycles. The van der Waals surface area contributed by atoms with Crippen molar-refractivity contribution in [2.24, 2.45) is 0 Å². The van der Waals surface area contributed by atoms with Gasteiger partial charge >= 0.3 is 0 Å². The van der Waals surface area contributed by atoms with Gasteiger partial charge in [-0.15, -0.1) is 0 Å². The Balaban J connectivity index is 1.93. The molecule has 0 bridgehead atoms. The van der Waals surface area contributed by atoms with Crippen molar-refractivity contribution in [2.75, 3.05) is 18.1 Å². The average molecular weight is 464 g/mol. The smallest absolute Gasteiger partial charge is 0.261 e. The van der Waals surface area contributed by atoms with Crippen LogP contribution in [0.5, 0.6) is 5.75 Å². The number of sulfone groups is 1. The summed E-state index contributed by atoms with van der Waals surface area (Å²) in [5.74, 6) is -0.333. The molecule has 10 heteroatoms. The topological polar surface area (TPSA) is 130 Å². The van der Waals surface area contributed by atoms with Gasteiger partial charge in [-0.05, 0) is 47.5 Å². The first kappa shape index (κ1) is 22.8. The molecule has 3 aromatic rings. The molecule has 0 amide bonds. The highest BCUT2D eigenvalue weighted by Crippen LogP contribution is 2.30. The summed E-state index contributed by atoms with van der Waals surface area (Å²) in [6.45, 7) is 0. The van der Waals surface area contributed by atoms with E-state index in [4.69, 9.17) is 4.74 Å². The number of hydrogen-bond acceptors (Lipinski definition) is 7. The van der Waals surface area contributed by atoms with Crippen molar-refractivity contribution in [3.63, 3.8) is 0 Å². The van der Waals surface area contributed by atoms with E-state index < -0.39 is 26.2 Å². The third-order valence-corrected chi connectivity index (χ3v) is 7.00. The number of methoxy groups -OCH3 is 1. The summed E-state index contributed by atoms with van der Waals surface area (Å²) in [4.78, 5) is 0.0837. The van der Waals surface area contributed by atoms with Gasteiger partial charge in [0.1, 0.15) is 5.75 Å². The number of aliphatic hydroxyl groups is 1. The first-order chi connectivity index (χ1) is 14.5. The number of phenols is 1. The van der Waals surface area contributed by atoms with Crippen LogP contribution in [-0.2, 0) is 24.6 Å². The first-order valence-electron chi connectivity index (χ1n) is 8.98. The molecule has 0 spiro atoms. The van der Waals surface area contributed by atoms with Crippen molar-refractivity contribution in [1.29, 1.82) is 0 Å². The molecule has 3 aromatic carbocycles. The molecule has 0 saturated heterocycles. The van der Waals surface area contributed by atoms with E-state index in [1.165, 1.54) is 43.5 Å². The van der Waals surface area contributed by atoms with Crippen LogP contribution in [0.1, 0.15) is 11.9 Å². The fourth-order valence-corrected chi connectivity index (χ4v) is 4.67. The molecule has 164 valence electrons. The number of phenolic OH excluding ortho intramolecular Hbond substituents is 1. The lowest BCUT2D eigenvalue weighted by molar-refractivity contribution is -0.0780. The van der Waals surface area contributed by atoms with E-state index in [-0.39, 0.29) is 26.8 Å². The molecular weight excluding hydrogens is 442 g/mol. The molecule has 3 N–H and O–H groups in total. The molecule has 3 rings (SSSR count). The maximum absolute atomic E-state index is 12.8. The van der Waals surface area contributed by atoms with E-state index >= 15 is 0 Å². The molecule has 0 saturated carbocycles. The zero-order valence-electron chi connectivity index (χ0n) is 16.7. The predicted octanol–water partition coefficient (Wildman–Crippen LogP) is 2.90. The summed E-state index contributed by atoms with van der Waals surface area (Å²) in [6.07, 6.45) is -0.242. The Kier molecular flexibility index (Phi) is 6.37. The molecule has 8 nitrogen and oxygen atoms in total. The van der Waals surface area contributed by atoms with E-state index in [9.17, 15) is 27.0 Å². The Labute approximate surface area is 180 Å². The lowest BCUT2D eigenvalue weighted by Crippen LogP contribution is -2.13. The fraction of sp³-hybridized carbons (Fsp3) is 0.143. The molecule has 0 aromatic heterocycles. The highest BCUT2D eigenvalue weighted by atomic mass is 32.2. The molecule has 0 fully saturated rings. The monoisotopic (exact) mass is 463 g/mol. The quantitative estimate of drug-likeness (QED) is 0.459. The molecular formula is C21H21NO7S2. The Morgan fingerprint density at radius 1 is 0.871 bits per heavy atom. The van der Waals surface area contributed by atoms with Gasteiger partial charge in [0.2, 0.25) is 0 Å². The number of ether oxygens (including phenoxy) is 1. The van der Waals surface area contributed by atoms with Crippen LogP contribution in [0.15, 0.2) is 76.5 Å². The number of aromatic hydroxyl groups is 1. The Bertz CT molecular complexity index is 1320. The Hall–Kier alpha value is -2.92. The van der Waals surface area contributed by atoms with Crippen molar-refractivity contribution in [3.05, 3.63) is 72.3 Å². The maximum Gasteiger partial charge on any atom is 0.261 e. The lowest BCUT2D eigenvalue weighted by atomic mass is 10.1. The third-order valence-electron chi connectivity index (χ3n) is 4.51. The van der Waals surface area contributed by atoms with E-state index in [1.54, 1.807) is 24.3 Å². The van der Waals surface area contributed by atoms with Crippen LogP contribution in [0.3, 0.4) is 0 Å². The number of hydrogen-bond donors (Lipinski definition) is 3. The van der Waals surface area contributed by atoms with Gasteiger partial charge < -0.3 is 14.9 Å². The predicted molar refractivity (Wildman–Crippen MR) is 116 cm³/mol. The van der Waals surface area contributed by atoms with E-state index in [0.717, 1.165) is 12.3 Å². The number of aliphatic hydroxyl groups excluding tert-OH is 1. The minimum atomic E-state index is -4.01. The first-order valence-corrected chi connectivity index (χ1v) is 12.4. The van der Waals surface area contributed by atoms with Crippen LogP contribution >= 0.6 is 0 Å². The second-order valence-electron chi connectivity index (χ2n) is 6.79. The van der Waals surface area contributed by atoms with Gasteiger partial charge in [0.15, 0.2) is 16.1 Å². The minimum absolute atomic E-state index is 0.0461. The lowest BCUT2D eigenvalue weighted by Gasteiger charge is -2.13. The number of sulfonamides is 1. The highest BCUT2D eigenvalue weighted by Gasteiger charge is 2.18. The second-order valence-corrected chi connectivity index (χ2v) is 10.5. The van der Waals surface area contributed by atoms with E-state index in [1.807, 2.05) is 0 Å². The summed E-state index contributed by atoms with van der Waals surface area (Å²) >= 11 is 0. The molecule has 1 atom stereocenters. The van der Waals surface area contributed by atoms with Gasteiger partial charge in [0.25, 0.3) is 10.0 Å². The van der Waals surface area contributed by atoms with Crippen molar-refractivity contribution in [2.45, 2.75) is 16.1 Å². The van der Waals surface area contributed by atoms with Crippen LogP contribution in [0.25, 0.3) is 11.1 Å². The van der Waals surface area contributed by atoms with Crippen LogP contribution in [-0.4, -0.2) is 40.4 Å². The zero-order valence-corrected chi connectivity index (χ0v) is 18.3. The summed E-state index contributed by atoms with van der Waals surface area (Å²) in [5.41, 5.74) is 1.26. The van der Waals surface area contributed by atoms with Crippen molar-refractivity contribution < 1.29 is 31.8 Å². The van der Waals surface area contributed by atoms with Gasteiger partial charge in [-0.3, -0.25) is 4.72 Å². The number of benzene rings is 3. The Morgan fingerprint density at radius 2 is 1.45 bits per heavy atom. The normalized spacial score (nSPS) is 13.0. The van der Waals surface area contributed by atoms with Gasteiger partial charge in [-0.25, -0.2) is 16.8 Å². The summed E-state index contributed by atoms with van der Waals surface area (Å²) < 4.78 is 56.4. The largest absolute Gasteiger partial charge is 0.507 e. The molecule has 1 unspecified atom stereocenters. The molecule has 31 heavy (non-hydrogen) atoms. The van der Waals surface area contributed by atoms with Crippen molar-refractivity contribution in [1.82, 2.24) is 0 Å².